The summed E-state index contributed by atoms with van der Waals surface area (Å²) in [5.74, 6) is 2.14. The molecule has 0 unspecified atom stereocenters. The molecular weight excluding hydrogens is 540 g/mol. The van der Waals surface area contributed by atoms with E-state index in [2.05, 4.69) is 5.32 Å². The average Bonchev–Trinajstić information content (AvgIpc) is 3.46. The van der Waals surface area contributed by atoms with Crippen molar-refractivity contribution in [3.05, 3.63) is 102 Å². The Morgan fingerprint density at radius 1 is 1.02 bits per heavy atom. The number of nitrogens with one attached hydrogen (secondary N) is 1. The first kappa shape index (κ1) is 30.4. The van der Waals surface area contributed by atoms with Gasteiger partial charge in [0, 0.05) is 31.6 Å². The van der Waals surface area contributed by atoms with Crippen molar-refractivity contribution in [2.75, 3.05) is 26.9 Å². The van der Waals surface area contributed by atoms with Crippen molar-refractivity contribution in [2.24, 2.45) is 10.9 Å². The third-order valence-corrected chi connectivity index (χ3v) is 8.24. The number of hydrogen-bond donors (Lipinski definition) is 2. The lowest BCUT2D eigenvalue weighted by atomic mass is 9.83. The van der Waals surface area contributed by atoms with Crippen molar-refractivity contribution in [2.45, 2.75) is 56.6 Å². The van der Waals surface area contributed by atoms with Crippen molar-refractivity contribution < 1.29 is 24.1 Å². The highest BCUT2D eigenvalue weighted by atomic mass is 16.5. The molecule has 0 spiro atoms. The standard InChI is InChI=1S/C36H42N2O5/c1-41-32-17-8-16-30(25-32)33-36(22-9-15-27-11-4-2-5-12-27,35(40)37-26-28-13-6-3-7-14-28)38-34(43-33)29-18-20-31(21-19-29)42-24-10-23-39/h2,4-5,8-9,11-12,15-21,25,28,33,39H,3,6-7,10,13-14,22-24,26H2,1H3,(H,37,40)/b15-9+/t33-,36-/m1/s1. The van der Waals surface area contributed by atoms with Crippen LogP contribution in [0.15, 0.2) is 89.9 Å². The summed E-state index contributed by atoms with van der Waals surface area (Å²) in [5, 5.41) is 12.3. The Bertz CT molecular complexity index is 1380. The van der Waals surface area contributed by atoms with E-state index in [-0.39, 0.29) is 12.5 Å². The monoisotopic (exact) mass is 582 g/mol. The molecule has 3 aromatic carbocycles. The van der Waals surface area contributed by atoms with Crippen LogP contribution >= 0.6 is 0 Å². The van der Waals surface area contributed by atoms with Crippen molar-refractivity contribution >= 4 is 17.9 Å². The number of methoxy groups -OCH3 is 1. The zero-order valence-electron chi connectivity index (χ0n) is 24.9. The van der Waals surface area contributed by atoms with Gasteiger partial charge in [-0.15, -0.1) is 0 Å². The molecule has 1 saturated carbocycles. The minimum absolute atomic E-state index is 0.0814. The topological polar surface area (TPSA) is 89.4 Å². The fraction of sp³-hybridized carbons (Fsp3) is 0.389. The highest BCUT2D eigenvalue weighted by molar-refractivity contribution is 6.01. The molecule has 2 aliphatic rings. The third-order valence-electron chi connectivity index (χ3n) is 8.24. The SMILES string of the molecule is COc1cccc([C@H]2OC(c3ccc(OCCCO)cc3)=N[C@@]2(C/C=C/c2ccccc2)C(=O)NCC2CCCCC2)c1. The quantitative estimate of drug-likeness (QED) is 0.224. The van der Waals surface area contributed by atoms with Crippen LogP contribution in [0.4, 0.5) is 0 Å². The zero-order valence-corrected chi connectivity index (χ0v) is 24.9. The molecule has 0 bridgehead atoms. The minimum Gasteiger partial charge on any atom is -0.497 e. The molecule has 1 amide bonds. The Balaban J connectivity index is 1.50. The molecule has 0 radical (unpaired) electrons. The fourth-order valence-corrected chi connectivity index (χ4v) is 5.84. The first-order valence-electron chi connectivity index (χ1n) is 15.4. The van der Waals surface area contributed by atoms with Crippen LogP contribution < -0.4 is 14.8 Å². The summed E-state index contributed by atoms with van der Waals surface area (Å²) < 4.78 is 17.9. The normalized spacial score (nSPS) is 20.4. The summed E-state index contributed by atoms with van der Waals surface area (Å²) in [5.41, 5.74) is 1.41. The predicted octanol–water partition coefficient (Wildman–Crippen LogP) is 6.51. The maximum atomic E-state index is 14.4. The Morgan fingerprint density at radius 2 is 1.81 bits per heavy atom. The van der Waals surface area contributed by atoms with Gasteiger partial charge in [0.25, 0.3) is 5.91 Å². The molecule has 43 heavy (non-hydrogen) atoms. The summed E-state index contributed by atoms with van der Waals surface area (Å²) in [6.07, 6.45) is 10.3. The minimum atomic E-state index is -1.22. The van der Waals surface area contributed by atoms with Crippen LogP contribution in [0.3, 0.4) is 0 Å². The number of amides is 1. The van der Waals surface area contributed by atoms with E-state index in [1.807, 2.05) is 91.0 Å². The number of aliphatic hydroxyl groups excluding tert-OH is 1. The lowest BCUT2D eigenvalue weighted by Crippen LogP contribution is -2.49. The van der Waals surface area contributed by atoms with E-state index < -0.39 is 11.6 Å². The van der Waals surface area contributed by atoms with Gasteiger partial charge in [-0.05, 0) is 66.3 Å². The van der Waals surface area contributed by atoms with Crippen LogP contribution in [0.25, 0.3) is 6.08 Å². The molecule has 226 valence electrons. The van der Waals surface area contributed by atoms with E-state index in [0.29, 0.717) is 49.3 Å². The molecule has 0 aromatic heterocycles. The maximum absolute atomic E-state index is 14.4. The van der Waals surface area contributed by atoms with Gasteiger partial charge in [-0.3, -0.25) is 4.79 Å². The maximum Gasteiger partial charge on any atom is 0.252 e. The van der Waals surface area contributed by atoms with E-state index in [0.717, 1.165) is 29.5 Å². The van der Waals surface area contributed by atoms with E-state index >= 15 is 0 Å². The molecule has 5 rings (SSSR count). The average molecular weight is 583 g/mol. The summed E-state index contributed by atoms with van der Waals surface area (Å²) in [4.78, 5) is 19.5. The van der Waals surface area contributed by atoms with Gasteiger partial charge in [0.1, 0.15) is 11.5 Å². The molecule has 2 N–H and O–H groups in total. The molecule has 0 saturated heterocycles. The molecule has 3 aromatic rings. The van der Waals surface area contributed by atoms with Crippen LogP contribution in [0.2, 0.25) is 0 Å². The summed E-state index contributed by atoms with van der Waals surface area (Å²) in [6.45, 7) is 1.15. The summed E-state index contributed by atoms with van der Waals surface area (Å²) >= 11 is 0. The number of carbonyl (C=O) groups excluding carboxylic acids is 1. The first-order valence-corrected chi connectivity index (χ1v) is 15.4. The lowest BCUT2D eigenvalue weighted by Gasteiger charge is -2.31. The van der Waals surface area contributed by atoms with E-state index in [1.54, 1.807) is 7.11 Å². The largest absolute Gasteiger partial charge is 0.497 e. The number of rotatable bonds is 13. The van der Waals surface area contributed by atoms with Crippen LogP contribution in [0.5, 0.6) is 11.5 Å². The van der Waals surface area contributed by atoms with E-state index in [9.17, 15) is 4.79 Å². The fourth-order valence-electron chi connectivity index (χ4n) is 5.84. The number of ether oxygens (including phenoxy) is 3. The number of aliphatic hydroxyl groups is 1. The van der Waals surface area contributed by atoms with Gasteiger partial charge in [0.15, 0.2) is 11.6 Å². The second-order valence-corrected chi connectivity index (χ2v) is 11.3. The molecule has 7 heteroatoms. The number of benzene rings is 3. The Morgan fingerprint density at radius 3 is 2.56 bits per heavy atom. The number of aliphatic imine (C=N–C) groups is 1. The molecule has 1 heterocycles. The Hall–Kier alpha value is -4.10. The number of carbonyl (C=O) groups is 1. The Labute approximate surface area is 254 Å². The van der Waals surface area contributed by atoms with Crippen molar-refractivity contribution in [3.8, 4) is 11.5 Å². The van der Waals surface area contributed by atoms with Gasteiger partial charge in [0.2, 0.25) is 5.90 Å². The van der Waals surface area contributed by atoms with Gasteiger partial charge < -0.3 is 24.6 Å². The lowest BCUT2D eigenvalue weighted by molar-refractivity contribution is -0.129. The first-order chi connectivity index (χ1) is 21.1. The third kappa shape index (κ3) is 7.65. The predicted molar refractivity (Wildman–Crippen MR) is 169 cm³/mol. The van der Waals surface area contributed by atoms with Gasteiger partial charge in [-0.2, -0.15) is 0 Å². The molecule has 7 nitrogen and oxygen atoms in total. The van der Waals surface area contributed by atoms with Crippen LogP contribution in [-0.2, 0) is 9.53 Å². The van der Waals surface area contributed by atoms with Gasteiger partial charge >= 0.3 is 0 Å². The van der Waals surface area contributed by atoms with Gasteiger partial charge in [-0.1, -0.05) is 73.9 Å². The van der Waals surface area contributed by atoms with Crippen molar-refractivity contribution in [1.29, 1.82) is 0 Å². The number of hydrogen-bond acceptors (Lipinski definition) is 6. The smallest absolute Gasteiger partial charge is 0.252 e. The molecule has 2 atom stereocenters. The molecule has 1 fully saturated rings. The summed E-state index contributed by atoms with van der Waals surface area (Å²) in [7, 11) is 1.63. The highest BCUT2D eigenvalue weighted by Gasteiger charge is 2.52. The van der Waals surface area contributed by atoms with Crippen molar-refractivity contribution in [1.82, 2.24) is 5.32 Å². The van der Waals surface area contributed by atoms with Crippen molar-refractivity contribution in [3.63, 3.8) is 0 Å². The molecular formula is C36H42N2O5. The Kier molecular flexibility index (Phi) is 10.5. The number of nitrogens with zero attached hydrogens (tertiary/aromatic N) is 1. The van der Waals surface area contributed by atoms with Gasteiger partial charge in [0.05, 0.1) is 13.7 Å². The zero-order chi connectivity index (χ0) is 29.9. The highest BCUT2D eigenvalue weighted by Crippen LogP contribution is 2.44. The van der Waals surface area contributed by atoms with Crippen LogP contribution in [0, 0.1) is 5.92 Å². The second kappa shape index (κ2) is 14.9. The summed E-state index contributed by atoms with van der Waals surface area (Å²) in [6, 6.07) is 25.3. The van der Waals surface area contributed by atoms with Gasteiger partial charge in [-0.25, -0.2) is 4.99 Å². The van der Waals surface area contributed by atoms with E-state index in [4.69, 9.17) is 24.3 Å². The van der Waals surface area contributed by atoms with Crippen LogP contribution in [-0.4, -0.2) is 49.3 Å². The molecule has 1 aliphatic heterocycles. The molecule has 1 aliphatic carbocycles. The van der Waals surface area contributed by atoms with Crippen LogP contribution in [0.1, 0.15) is 67.7 Å². The van der Waals surface area contributed by atoms with E-state index in [1.165, 1.54) is 19.3 Å². The second-order valence-electron chi connectivity index (χ2n) is 11.3.